The van der Waals surface area contributed by atoms with Crippen LogP contribution in [-0.4, -0.2) is 69.0 Å². The van der Waals surface area contributed by atoms with E-state index in [1.807, 2.05) is 13.8 Å². The molecule has 4 heteroatoms. The predicted molar refractivity (Wildman–Crippen MR) is 81.8 cm³/mol. The highest BCUT2D eigenvalue weighted by molar-refractivity contribution is 4.97. The molecule has 3 unspecified atom stereocenters. The Labute approximate surface area is 123 Å². The van der Waals surface area contributed by atoms with Gasteiger partial charge in [-0.2, -0.15) is 0 Å². The molecule has 4 atom stereocenters. The summed E-state index contributed by atoms with van der Waals surface area (Å²) in [6.07, 6.45) is 2.80. The summed E-state index contributed by atoms with van der Waals surface area (Å²) in [5.74, 6) is 0. The van der Waals surface area contributed by atoms with Crippen molar-refractivity contribution >= 4 is 0 Å². The Morgan fingerprint density at radius 3 is 2.25 bits per heavy atom. The number of nitrogens with zero attached hydrogens (tertiary/aromatic N) is 2. The molecule has 2 heterocycles. The Morgan fingerprint density at radius 2 is 1.75 bits per heavy atom. The van der Waals surface area contributed by atoms with Gasteiger partial charge in [-0.3, -0.25) is 9.80 Å². The van der Waals surface area contributed by atoms with Crippen LogP contribution in [0.25, 0.3) is 0 Å². The van der Waals surface area contributed by atoms with Crippen LogP contribution < -0.4 is 0 Å². The third-order valence-corrected chi connectivity index (χ3v) is 5.05. The molecular weight excluding hydrogens is 252 g/mol. The monoisotopic (exact) mass is 284 g/mol. The fraction of sp³-hybridized carbons (Fsp3) is 1.00. The summed E-state index contributed by atoms with van der Waals surface area (Å²) in [5, 5.41) is 20.5. The van der Waals surface area contributed by atoms with Gasteiger partial charge in [0.05, 0.1) is 11.2 Å². The van der Waals surface area contributed by atoms with Gasteiger partial charge in [0.1, 0.15) is 0 Å². The topological polar surface area (TPSA) is 46.9 Å². The van der Waals surface area contributed by atoms with Crippen molar-refractivity contribution in [2.24, 2.45) is 0 Å². The molecule has 118 valence electrons. The van der Waals surface area contributed by atoms with E-state index in [9.17, 15) is 10.2 Å². The first-order valence-corrected chi connectivity index (χ1v) is 8.04. The summed E-state index contributed by atoms with van der Waals surface area (Å²) in [7, 11) is 0. The van der Waals surface area contributed by atoms with E-state index in [0.29, 0.717) is 18.1 Å². The molecule has 2 aliphatic rings. The lowest BCUT2D eigenvalue weighted by Crippen LogP contribution is -2.42. The molecule has 0 bridgehead atoms. The summed E-state index contributed by atoms with van der Waals surface area (Å²) in [4.78, 5) is 4.83. The molecule has 0 aliphatic carbocycles. The molecule has 0 spiro atoms. The largest absolute Gasteiger partial charge is 0.389 e. The van der Waals surface area contributed by atoms with Gasteiger partial charge in [-0.25, -0.2) is 0 Å². The standard InChI is InChI=1S/C16H32N2O2/c1-12(2)18-11-16(5,20)9-14(18)8-13(3)17-7-6-15(4,19)10-17/h12-14,19-20H,6-11H2,1-5H3/t13?,14?,15?,16-/m0/s1. The zero-order valence-electron chi connectivity index (χ0n) is 13.8. The minimum atomic E-state index is -0.550. The minimum Gasteiger partial charge on any atom is -0.389 e. The first-order valence-electron chi connectivity index (χ1n) is 8.04. The van der Waals surface area contributed by atoms with Gasteiger partial charge in [-0.05, 0) is 53.9 Å². The number of aliphatic hydroxyl groups is 2. The molecule has 2 saturated heterocycles. The summed E-state index contributed by atoms with van der Waals surface area (Å²) in [5.41, 5.74) is -1.07. The van der Waals surface area contributed by atoms with Crippen molar-refractivity contribution in [1.82, 2.24) is 9.80 Å². The van der Waals surface area contributed by atoms with Gasteiger partial charge in [-0.15, -0.1) is 0 Å². The Bertz CT molecular complexity index is 341. The lowest BCUT2D eigenvalue weighted by molar-refractivity contribution is 0.0593. The molecule has 0 aromatic heterocycles. The third-order valence-electron chi connectivity index (χ3n) is 5.05. The van der Waals surface area contributed by atoms with E-state index in [1.165, 1.54) is 0 Å². The molecule has 0 saturated carbocycles. The highest BCUT2D eigenvalue weighted by Gasteiger charge is 2.42. The van der Waals surface area contributed by atoms with Crippen molar-refractivity contribution in [3.05, 3.63) is 0 Å². The first kappa shape index (κ1) is 16.2. The number of hydrogen-bond acceptors (Lipinski definition) is 4. The number of hydrogen-bond donors (Lipinski definition) is 2. The van der Waals surface area contributed by atoms with Crippen LogP contribution in [0, 0.1) is 0 Å². The van der Waals surface area contributed by atoms with Crippen LogP contribution in [0.5, 0.6) is 0 Å². The minimum absolute atomic E-state index is 0.450. The molecular formula is C16H32N2O2. The zero-order chi connectivity index (χ0) is 15.1. The second kappa shape index (κ2) is 5.56. The second-order valence-corrected chi connectivity index (χ2v) is 7.92. The molecule has 4 nitrogen and oxygen atoms in total. The van der Waals surface area contributed by atoms with E-state index in [0.717, 1.165) is 38.9 Å². The zero-order valence-corrected chi connectivity index (χ0v) is 13.8. The Balaban J connectivity index is 1.95. The first-order chi connectivity index (χ1) is 9.10. The smallest absolute Gasteiger partial charge is 0.0761 e. The fourth-order valence-electron chi connectivity index (χ4n) is 3.93. The molecule has 0 aromatic carbocycles. The van der Waals surface area contributed by atoms with Crippen molar-refractivity contribution in [3.63, 3.8) is 0 Å². The van der Waals surface area contributed by atoms with Gasteiger partial charge in [0, 0.05) is 37.8 Å². The van der Waals surface area contributed by atoms with E-state index in [-0.39, 0.29) is 0 Å². The normalized spacial score (nSPS) is 41.7. The van der Waals surface area contributed by atoms with Crippen LogP contribution >= 0.6 is 0 Å². The van der Waals surface area contributed by atoms with E-state index in [2.05, 4.69) is 30.6 Å². The molecule has 2 fully saturated rings. The number of rotatable bonds is 4. The average molecular weight is 284 g/mol. The second-order valence-electron chi connectivity index (χ2n) is 7.92. The van der Waals surface area contributed by atoms with Crippen LogP contribution in [0.4, 0.5) is 0 Å². The fourth-order valence-corrected chi connectivity index (χ4v) is 3.93. The third kappa shape index (κ3) is 3.73. The maximum absolute atomic E-state index is 10.4. The van der Waals surface area contributed by atoms with Gasteiger partial charge < -0.3 is 10.2 Å². The Hall–Kier alpha value is -0.160. The van der Waals surface area contributed by atoms with Gasteiger partial charge in [0.2, 0.25) is 0 Å². The van der Waals surface area contributed by atoms with Crippen molar-refractivity contribution in [2.45, 2.75) is 83.2 Å². The molecule has 2 aliphatic heterocycles. The quantitative estimate of drug-likeness (QED) is 0.820. The van der Waals surface area contributed by atoms with Crippen molar-refractivity contribution in [2.75, 3.05) is 19.6 Å². The van der Waals surface area contributed by atoms with Gasteiger partial charge in [0.15, 0.2) is 0 Å². The van der Waals surface area contributed by atoms with Crippen LogP contribution in [0.15, 0.2) is 0 Å². The number of likely N-dealkylation sites (tertiary alicyclic amines) is 2. The van der Waals surface area contributed by atoms with Crippen LogP contribution in [0.2, 0.25) is 0 Å². The highest BCUT2D eigenvalue weighted by Crippen LogP contribution is 2.33. The summed E-state index contributed by atoms with van der Waals surface area (Å²) >= 11 is 0. The Kier molecular flexibility index (Phi) is 4.51. The molecule has 0 amide bonds. The Morgan fingerprint density at radius 1 is 1.10 bits per heavy atom. The molecule has 2 rings (SSSR count). The lowest BCUT2D eigenvalue weighted by atomic mass is 9.98. The lowest BCUT2D eigenvalue weighted by Gasteiger charge is -2.33. The van der Waals surface area contributed by atoms with E-state index in [4.69, 9.17) is 0 Å². The molecule has 20 heavy (non-hydrogen) atoms. The SMILES string of the molecule is CC(CC1C[C@](C)(O)CN1C(C)C)N1CCC(C)(O)C1. The van der Waals surface area contributed by atoms with E-state index in [1.54, 1.807) is 0 Å². The van der Waals surface area contributed by atoms with Gasteiger partial charge >= 0.3 is 0 Å². The van der Waals surface area contributed by atoms with Crippen LogP contribution in [0.3, 0.4) is 0 Å². The van der Waals surface area contributed by atoms with Crippen molar-refractivity contribution in [1.29, 1.82) is 0 Å². The van der Waals surface area contributed by atoms with Gasteiger partial charge in [-0.1, -0.05) is 0 Å². The molecule has 0 aromatic rings. The summed E-state index contributed by atoms with van der Waals surface area (Å²) in [6, 6.07) is 1.39. The molecule has 0 radical (unpaired) electrons. The van der Waals surface area contributed by atoms with Gasteiger partial charge in [0.25, 0.3) is 0 Å². The van der Waals surface area contributed by atoms with Crippen LogP contribution in [0.1, 0.15) is 53.9 Å². The maximum atomic E-state index is 10.4. The maximum Gasteiger partial charge on any atom is 0.0761 e. The number of β-amino-alcohol motifs (C(OH)–C–C–N with tert-alkyl or cyclic N) is 2. The van der Waals surface area contributed by atoms with E-state index < -0.39 is 11.2 Å². The molecule has 2 N–H and O–H groups in total. The summed E-state index contributed by atoms with van der Waals surface area (Å²) < 4.78 is 0. The van der Waals surface area contributed by atoms with Crippen molar-refractivity contribution < 1.29 is 10.2 Å². The highest BCUT2D eigenvalue weighted by atomic mass is 16.3. The average Bonchev–Trinajstić information content (AvgIpc) is 2.78. The van der Waals surface area contributed by atoms with Crippen LogP contribution in [-0.2, 0) is 0 Å². The van der Waals surface area contributed by atoms with E-state index >= 15 is 0 Å². The van der Waals surface area contributed by atoms with Crippen molar-refractivity contribution in [3.8, 4) is 0 Å². The predicted octanol–water partition coefficient (Wildman–Crippen LogP) is 1.46. The summed E-state index contributed by atoms with van der Waals surface area (Å²) in [6.45, 7) is 13.1.